The van der Waals surface area contributed by atoms with Crippen molar-refractivity contribution in [1.82, 2.24) is 4.90 Å². The molecule has 0 atom stereocenters. The summed E-state index contributed by atoms with van der Waals surface area (Å²) in [6.07, 6.45) is 4.04. The highest BCUT2D eigenvalue weighted by molar-refractivity contribution is 8.18. The van der Waals surface area contributed by atoms with Crippen LogP contribution in [0.15, 0.2) is 29.2 Å². The number of likely N-dealkylation sites (N-methyl/N-ethyl adjacent to an activating group) is 2. The molecule has 2 heterocycles. The first kappa shape index (κ1) is 15.9. The number of nitrogens with zero attached hydrogens (tertiary/aromatic N) is 2. The molecule has 5 heteroatoms. The van der Waals surface area contributed by atoms with Gasteiger partial charge in [-0.25, -0.2) is 0 Å². The molecule has 1 fully saturated rings. The Bertz CT molecular complexity index is 777. The van der Waals surface area contributed by atoms with Crippen molar-refractivity contribution in [2.45, 2.75) is 26.3 Å². The van der Waals surface area contributed by atoms with E-state index in [9.17, 15) is 9.59 Å². The number of carbonyl (C=O) groups excluding carboxylic acids is 2. The van der Waals surface area contributed by atoms with Crippen LogP contribution in [0.5, 0.6) is 0 Å². The van der Waals surface area contributed by atoms with Crippen LogP contribution in [0, 0.1) is 0 Å². The maximum atomic E-state index is 12.0. The van der Waals surface area contributed by atoms with E-state index in [0.29, 0.717) is 4.91 Å². The van der Waals surface area contributed by atoms with Gasteiger partial charge in [0.05, 0.1) is 10.4 Å². The minimum absolute atomic E-state index is 0.0243. The van der Waals surface area contributed by atoms with Crippen LogP contribution in [0.1, 0.15) is 31.9 Å². The second kappa shape index (κ2) is 5.27. The fourth-order valence-electron chi connectivity index (χ4n) is 2.96. The van der Waals surface area contributed by atoms with Crippen LogP contribution in [0.3, 0.4) is 0 Å². The zero-order valence-electron chi connectivity index (χ0n) is 14.0. The lowest BCUT2D eigenvalue weighted by atomic mass is 9.88. The van der Waals surface area contributed by atoms with Crippen LogP contribution in [-0.2, 0) is 4.79 Å². The van der Waals surface area contributed by atoms with Crippen molar-refractivity contribution in [3.8, 4) is 0 Å². The largest absolute Gasteiger partial charge is 0.366 e. The Morgan fingerprint density at radius 1 is 1.17 bits per heavy atom. The molecular formula is C18H20N2O2S. The lowest BCUT2D eigenvalue weighted by Gasteiger charge is -2.40. The van der Waals surface area contributed by atoms with E-state index in [1.807, 2.05) is 6.07 Å². The fraction of sp³-hybridized carbons (Fsp3) is 0.333. The summed E-state index contributed by atoms with van der Waals surface area (Å²) in [5, 5.41) is -0.225. The number of amides is 2. The van der Waals surface area contributed by atoms with E-state index in [2.05, 4.69) is 50.9 Å². The number of rotatable bonds is 1. The molecule has 0 radical (unpaired) electrons. The van der Waals surface area contributed by atoms with Crippen LogP contribution in [0.2, 0.25) is 0 Å². The van der Waals surface area contributed by atoms with Gasteiger partial charge in [0.25, 0.3) is 11.1 Å². The average Bonchev–Trinajstić information content (AvgIpc) is 2.72. The van der Waals surface area contributed by atoms with Gasteiger partial charge in [-0.1, -0.05) is 12.1 Å². The Labute approximate surface area is 140 Å². The van der Waals surface area contributed by atoms with Crippen LogP contribution in [0.25, 0.3) is 11.6 Å². The van der Waals surface area contributed by atoms with Gasteiger partial charge >= 0.3 is 0 Å². The van der Waals surface area contributed by atoms with E-state index in [0.717, 1.165) is 27.8 Å². The molecule has 0 saturated carbocycles. The van der Waals surface area contributed by atoms with Gasteiger partial charge in [-0.15, -0.1) is 0 Å². The van der Waals surface area contributed by atoms with Crippen molar-refractivity contribution in [2.24, 2.45) is 0 Å². The maximum absolute atomic E-state index is 12.0. The van der Waals surface area contributed by atoms with Crippen molar-refractivity contribution in [3.63, 3.8) is 0 Å². The average molecular weight is 328 g/mol. The van der Waals surface area contributed by atoms with E-state index in [1.165, 1.54) is 18.3 Å². The molecule has 2 aliphatic rings. The quantitative estimate of drug-likeness (QED) is 0.731. The molecule has 1 aromatic rings. The molecular weight excluding hydrogens is 308 g/mol. The number of anilines is 1. The van der Waals surface area contributed by atoms with Crippen molar-refractivity contribution in [1.29, 1.82) is 0 Å². The molecule has 0 aliphatic carbocycles. The summed E-state index contributed by atoms with van der Waals surface area (Å²) in [5.41, 5.74) is 4.47. The van der Waals surface area contributed by atoms with E-state index in [-0.39, 0.29) is 16.7 Å². The Kier molecular flexibility index (Phi) is 3.64. The summed E-state index contributed by atoms with van der Waals surface area (Å²) >= 11 is 0.989. The van der Waals surface area contributed by atoms with Crippen molar-refractivity contribution in [3.05, 3.63) is 40.3 Å². The first-order valence-corrected chi connectivity index (χ1v) is 8.31. The molecule has 23 heavy (non-hydrogen) atoms. The summed E-state index contributed by atoms with van der Waals surface area (Å²) in [6.45, 7) is 6.48. The molecule has 0 spiro atoms. The molecule has 3 rings (SSSR count). The molecule has 2 aliphatic heterocycles. The Morgan fingerprint density at radius 3 is 2.48 bits per heavy atom. The van der Waals surface area contributed by atoms with Crippen LogP contribution in [0.4, 0.5) is 10.5 Å². The second-order valence-electron chi connectivity index (χ2n) is 6.56. The number of hydrogen-bond acceptors (Lipinski definition) is 4. The number of hydrogen-bond donors (Lipinski definition) is 0. The van der Waals surface area contributed by atoms with Gasteiger partial charge in [0.15, 0.2) is 0 Å². The lowest BCUT2D eigenvalue weighted by Crippen LogP contribution is -2.42. The lowest BCUT2D eigenvalue weighted by molar-refractivity contribution is -0.121. The fourth-order valence-corrected chi connectivity index (χ4v) is 3.79. The standard InChI is InChI=1S/C18H20N2O2S/c1-11-10-18(2,3)20(5)14-7-6-12(8-13(11)14)9-15-16(21)19(4)17(22)23-15/h6-10H,1-5H3/b15-9+. The van der Waals surface area contributed by atoms with Crippen molar-refractivity contribution < 1.29 is 9.59 Å². The third-order valence-electron chi connectivity index (χ3n) is 4.53. The third-order valence-corrected chi connectivity index (χ3v) is 5.49. The molecule has 0 unspecified atom stereocenters. The summed E-state index contributed by atoms with van der Waals surface area (Å²) in [6, 6.07) is 6.15. The normalized spacial score (nSPS) is 21.8. The molecule has 0 aromatic heterocycles. The van der Waals surface area contributed by atoms with Gasteiger partial charge in [0.1, 0.15) is 0 Å². The van der Waals surface area contributed by atoms with Crippen LogP contribution >= 0.6 is 11.8 Å². The van der Waals surface area contributed by atoms with E-state index in [4.69, 9.17) is 0 Å². The molecule has 0 N–H and O–H groups in total. The van der Waals surface area contributed by atoms with Gasteiger partial charge in [-0.05, 0) is 61.9 Å². The second-order valence-corrected chi connectivity index (χ2v) is 7.55. The predicted molar refractivity (Wildman–Crippen MR) is 96.3 cm³/mol. The topological polar surface area (TPSA) is 40.6 Å². The number of thioether (sulfide) groups is 1. The monoisotopic (exact) mass is 328 g/mol. The van der Waals surface area contributed by atoms with E-state index >= 15 is 0 Å². The minimum Gasteiger partial charge on any atom is -0.366 e. The van der Waals surface area contributed by atoms with Crippen molar-refractivity contribution >= 4 is 40.2 Å². The summed E-state index contributed by atoms with van der Waals surface area (Å²) in [7, 11) is 3.60. The maximum Gasteiger partial charge on any atom is 0.293 e. The van der Waals surface area contributed by atoms with Gasteiger partial charge in [-0.2, -0.15) is 0 Å². The van der Waals surface area contributed by atoms with Crippen LogP contribution < -0.4 is 4.90 Å². The molecule has 0 bridgehead atoms. The molecule has 1 saturated heterocycles. The predicted octanol–water partition coefficient (Wildman–Crippen LogP) is 3.98. The highest BCUT2D eigenvalue weighted by atomic mass is 32.2. The molecule has 4 nitrogen and oxygen atoms in total. The van der Waals surface area contributed by atoms with Crippen LogP contribution in [-0.4, -0.2) is 35.7 Å². The number of fused-ring (bicyclic) bond motifs is 1. The highest BCUT2D eigenvalue weighted by Crippen LogP contribution is 2.39. The van der Waals surface area contributed by atoms with Gasteiger partial charge in [-0.3, -0.25) is 14.5 Å². The molecule has 1 aromatic carbocycles. The van der Waals surface area contributed by atoms with E-state index in [1.54, 1.807) is 6.08 Å². The number of allylic oxidation sites excluding steroid dienone is 1. The minimum atomic E-state index is -0.233. The van der Waals surface area contributed by atoms with Gasteiger partial charge in [0.2, 0.25) is 0 Å². The third kappa shape index (κ3) is 2.59. The summed E-state index contributed by atoms with van der Waals surface area (Å²) in [4.78, 5) is 27.5. The number of benzene rings is 1. The summed E-state index contributed by atoms with van der Waals surface area (Å²) in [5.74, 6) is -0.233. The first-order valence-electron chi connectivity index (χ1n) is 7.50. The smallest absolute Gasteiger partial charge is 0.293 e. The number of carbonyl (C=O) groups is 2. The van der Waals surface area contributed by atoms with E-state index < -0.39 is 0 Å². The SMILES string of the molecule is CC1=CC(C)(C)N(C)c2ccc(/C=C3/SC(=O)N(C)C3=O)cc21. The Balaban J connectivity index is 2.02. The highest BCUT2D eigenvalue weighted by Gasteiger charge is 2.32. The Hall–Kier alpha value is -2.01. The van der Waals surface area contributed by atoms with Gasteiger partial charge < -0.3 is 4.90 Å². The molecule has 2 amide bonds. The zero-order valence-corrected chi connectivity index (χ0v) is 14.8. The van der Waals surface area contributed by atoms with Gasteiger partial charge in [0, 0.05) is 25.3 Å². The van der Waals surface area contributed by atoms with Crippen molar-refractivity contribution in [2.75, 3.05) is 19.0 Å². The Morgan fingerprint density at radius 2 is 1.87 bits per heavy atom. The molecule has 120 valence electrons. The zero-order chi connectivity index (χ0) is 16.9. The summed E-state index contributed by atoms with van der Waals surface area (Å²) < 4.78 is 0. The first-order chi connectivity index (χ1) is 10.7. The number of imide groups is 1.